The van der Waals surface area contributed by atoms with Gasteiger partial charge in [-0.1, -0.05) is 43.2 Å². The summed E-state index contributed by atoms with van der Waals surface area (Å²) in [5, 5.41) is 13.1. The maximum absolute atomic E-state index is 13.6. The van der Waals surface area contributed by atoms with Crippen molar-refractivity contribution in [3.05, 3.63) is 35.9 Å². The number of amidine groups is 1. The zero-order valence-electron chi connectivity index (χ0n) is 20.6. The number of rotatable bonds is 6. The maximum Gasteiger partial charge on any atom is 0.435 e. The van der Waals surface area contributed by atoms with E-state index in [0.29, 0.717) is 25.2 Å². The van der Waals surface area contributed by atoms with Crippen LogP contribution in [0, 0.1) is 17.2 Å². The van der Waals surface area contributed by atoms with Crippen LogP contribution >= 0.6 is 0 Å². The second-order valence-corrected chi connectivity index (χ2v) is 9.23. The first-order chi connectivity index (χ1) is 16.4. The van der Waals surface area contributed by atoms with Crippen LogP contribution in [0.3, 0.4) is 0 Å². The average Bonchev–Trinajstić information content (AvgIpc) is 2.86. The van der Waals surface area contributed by atoms with Gasteiger partial charge < -0.3 is 19.9 Å². The molecule has 1 saturated heterocycles. The van der Waals surface area contributed by atoms with E-state index in [1.807, 2.05) is 44.3 Å². The first-order valence-corrected chi connectivity index (χ1v) is 12.4. The van der Waals surface area contributed by atoms with Gasteiger partial charge in [0.25, 0.3) is 0 Å². The molecule has 34 heavy (non-hydrogen) atoms. The van der Waals surface area contributed by atoms with Crippen molar-refractivity contribution < 1.29 is 14.3 Å². The number of hydrogen-bond donors (Lipinski definition) is 1. The molecule has 2 atom stereocenters. The first-order valence-electron chi connectivity index (χ1n) is 12.4. The molecule has 0 spiro atoms. The lowest BCUT2D eigenvalue weighted by molar-refractivity contribution is -0.129. The van der Waals surface area contributed by atoms with E-state index in [9.17, 15) is 14.9 Å². The summed E-state index contributed by atoms with van der Waals surface area (Å²) < 4.78 is 5.11. The standard InChI is InChI=1S/C26H37N5O3/c1-4-31(23(28-25(33)34-5-2)20-11-7-6-8-12-20)22-14-10-9-13-21(22)24(32)29-26(19-27)15-17-30(3)18-16-26/h6-8,11-12,21-22H,4-5,9-10,13-18H2,1-3H3,(H,29,32). The second-order valence-electron chi connectivity index (χ2n) is 9.23. The number of carbonyl (C=O) groups excluding carboxylic acids is 2. The maximum atomic E-state index is 13.6. The number of ether oxygens (including phenoxy) is 1. The topological polar surface area (TPSA) is 98.0 Å². The third-order valence-electron chi connectivity index (χ3n) is 6.99. The average molecular weight is 468 g/mol. The van der Waals surface area contributed by atoms with E-state index in [2.05, 4.69) is 26.2 Å². The number of aliphatic imine (C=N–C) groups is 1. The number of piperidine rings is 1. The number of nitrogens with one attached hydrogen (secondary N) is 1. The highest BCUT2D eigenvalue weighted by Crippen LogP contribution is 2.31. The number of benzene rings is 1. The molecule has 2 unspecified atom stereocenters. The highest BCUT2D eigenvalue weighted by molar-refractivity contribution is 6.04. The predicted octanol–water partition coefficient (Wildman–Crippen LogP) is 3.57. The van der Waals surface area contributed by atoms with Crippen molar-refractivity contribution in [1.29, 1.82) is 5.26 Å². The van der Waals surface area contributed by atoms with Gasteiger partial charge in [0.2, 0.25) is 5.91 Å². The summed E-state index contributed by atoms with van der Waals surface area (Å²) >= 11 is 0. The van der Waals surface area contributed by atoms with Gasteiger partial charge in [-0.3, -0.25) is 4.79 Å². The van der Waals surface area contributed by atoms with Crippen LogP contribution in [0.25, 0.3) is 0 Å². The molecule has 3 rings (SSSR count). The Morgan fingerprint density at radius 3 is 2.50 bits per heavy atom. The molecular formula is C26H37N5O3. The molecule has 184 valence electrons. The number of nitrogens with zero attached hydrogens (tertiary/aromatic N) is 4. The Labute approximate surface area is 203 Å². The summed E-state index contributed by atoms with van der Waals surface area (Å²) in [4.78, 5) is 34.5. The molecule has 1 saturated carbocycles. The lowest BCUT2D eigenvalue weighted by atomic mass is 9.81. The molecule has 0 bridgehead atoms. The van der Waals surface area contributed by atoms with Crippen molar-refractivity contribution in [2.24, 2.45) is 10.9 Å². The Bertz CT molecular complexity index is 903. The van der Waals surface area contributed by atoms with Crippen molar-refractivity contribution in [1.82, 2.24) is 15.1 Å². The van der Waals surface area contributed by atoms with Crippen LogP contribution in [0.4, 0.5) is 4.79 Å². The molecule has 1 aromatic rings. The van der Waals surface area contributed by atoms with Gasteiger partial charge in [0.05, 0.1) is 18.6 Å². The van der Waals surface area contributed by atoms with Gasteiger partial charge in [-0.25, -0.2) is 4.79 Å². The molecule has 2 amide bonds. The summed E-state index contributed by atoms with van der Waals surface area (Å²) in [5.74, 6) is 0.174. The molecule has 0 aromatic heterocycles. The Morgan fingerprint density at radius 1 is 1.21 bits per heavy atom. The van der Waals surface area contributed by atoms with E-state index < -0.39 is 11.6 Å². The molecule has 8 nitrogen and oxygen atoms in total. The van der Waals surface area contributed by atoms with Crippen molar-refractivity contribution in [3.63, 3.8) is 0 Å². The van der Waals surface area contributed by atoms with Crippen LogP contribution in [-0.2, 0) is 9.53 Å². The third kappa shape index (κ3) is 6.15. The van der Waals surface area contributed by atoms with E-state index in [1.165, 1.54) is 0 Å². The fourth-order valence-corrected chi connectivity index (χ4v) is 5.05. The summed E-state index contributed by atoms with van der Waals surface area (Å²) in [7, 11) is 2.04. The first kappa shape index (κ1) is 25.7. The molecule has 1 aliphatic carbocycles. The molecule has 1 heterocycles. The Morgan fingerprint density at radius 2 is 1.88 bits per heavy atom. The highest BCUT2D eigenvalue weighted by atomic mass is 16.5. The van der Waals surface area contributed by atoms with Crippen LogP contribution in [0.5, 0.6) is 0 Å². The van der Waals surface area contributed by atoms with Gasteiger partial charge in [-0.15, -0.1) is 0 Å². The van der Waals surface area contributed by atoms with Crippen LogP contribution in [0.15, 0.2) is 35.3 Å². The second kappa shape index (κ2) is 12.0. The van der Waals surface area contributed by atoms with Crippen molar-refractivity contribution in [3.8, 4) is 6.07 Å². The Hall–Kier alpha value is -2.92. The van der Waals surface area contributed by atoms with Gasteiger partial charge in [-0.05, 0) is 46.6 Å². The number of likely N-dealkylation sites (tertiary alicyclic amines) is 1. The largest absolute Gasteiger partial charge is 0.448 e. The quantitative estimate of drug-likeness (QED) is 0.507. The number of hydrogen-bond acceptors (Lipinski definition) is 5. The van der Waals surface area contributed by atoms with E-state index in [0.717, 1.165) is 44.3 Å². The molecule has 2 aliphatic rings. The van der Waals surface area contributed by atoms with Gasteiger partial charge in [0.15, 0.2) is 0 Å². The van der Waals surface area contributed by atoms with E-state index in [1.54, 1.807) is 6.92 Å². The summed E-state index contributed by atoms with van der Waals surface area (Å²) in [6, 6.07) is 11.9. The van der Waals surface area contributed by atoms with Crippen molar-refractivity contribution >= 4 is 17.8 Å². The van der Waals surface area contributed by atoms with Gasteiger partial charge in [0, 0.05) is 31.2 Å². The third-order valence-corrected chi connectivity index (χ3v) is 6.99. The lowest BCUT2D eigenvalue weighted by Gasteiger charge is -2.42. The van der Waals surface area contributed by atoms with Crippen LogP contribution in [0.1, 0.15) is 57.9 Å². The number of nitriles is 1. The van der Waals surface area contributed by atoms with Gasteiger partial charge in [0.1, 0.15) is 11.4 Å². The SMILES string of the molecule is CCOC(=O)N=C(c1ccccc1)N(CC)C1CCCCC1C(=O)NC1(C#N)CCN(C)CC1. The fraction of sp³-hybridized carbons (Fsp3) is 0.615. The molecule has 1 aliphatic heterocycles. The minimum absolute atomic E-state index is 0.0715. The summed E-state index contributed by atoms with van der Waals surface area (Å²) in [6.45, 7) is 6.18. The number of amides is 2. The van der Waals surface area contributed by atoms with E-state index >= 15 is 0 Å². The van der Waals surface area contributed by atoms with Gasteiger partial charge >= 0.3 is 6.09 Å². The summed E-state index contributed by atoms with van der Waals surface area (Å²) in [6.07, 6.45) is 4.15. The number of carbonyl (C=O) groups is 2. The van der Waals surface area contributed by atoms with Crippen LogP contribution in [0.2, 0.25) is 0 Å². The molecule has 0 radical (unpaired) electrons. The zero-order valence-corrected chi connectivity index (χ0v) is 20.6. The fourth-order valence-electron chi connectivity index (χ4n) is 5.05. The minimum Gasteiger partial charge on any atom is -0.448 e. The molecule has 1 aromatic carbocycles. The zero-order chi connectivity index (χ0) is 24.6. The lowest BCUT2D eigenvalue weighted by Crippen LogP contribution is -2.58. The molecule has 1 N–H and O–H groups in total. The van der Waals surface area contributed by atoms with Gasteiger partial charge in [-0.2, -0.15) is 10.3 Å². The van der Waals surface area contributed by atoms with Crippen LogP contribution < -0.4 is 5.32 Å². The summed E-state index contributed by atoms with van der Waals surface area (Å²) in [5.41, 5.74) is -0.00450. The predicted molar refractivity (Wildman–Crippen MR) is 131 cm³/mol. The van der Waals surface area contributed by atoms with E-state index in [4.69, 9.17) is 4.74 Å². The minimum atomic E-state index is -0.816. The van der Waals surface area contributed by atoms with Crippen LogP contribution in [-0.4, -0.2) is 72.5 Å². The molecule has 8 heteroatoms. The normalized spacial score (nSPS) is 22.9. The van der Waals surface area contributed by atoms with E-state index in [-0.39, 0.29) is 24.5 Å². The monoisotopic (exact) mass is 467 g/mol. The Kier molecular flexibility index (Phi) is 9.05. The molecule has 2 fully saturated rings. The van der Waals surface area contributed by atoms with Crippen molar-refractivity contribution in [2.75, 3.05) is 33.3 Å². The highest BCUT2D eigenvalue weighted by Gasteiger charge is 2.41. The Balaban J connectivity index is 1.89. The molecular weight excluding hydrogens is 430 g/mol. The van der Waals surface area contributed by atoms with Crippen molar-refractivity contribution in [2.45, 2.75) is 64.0 Å². The smallest absolute Gasteiger partial charge is 0.435 e.